The Bertz CT molecular complexity index is 1100. The number of fused-ring (bicyclic) bond motifs is 1. The van der Waals surface area contributed by atoms with Gasteiger partial charge < -0.3 is 9.64 Å². The molecule has 1 N–H and O–H groups in total. The third-order valence-electron chi connectivity index (χ3n) is 5.83. The van der Waals surface area contributed by atoms with Crippen LogP contribution in [-0.2, 0) is 0 Å². The molecule has 4 aromatic rings. The number of anilines is 1. The average Bonchev–Trinajstić information content (AvgIpc) is 3.34. The Labute approximate surface area is 169 Å². The van der Waals surface area contributed by atoms with Gasteiger partial charge in [0.05, 0.1) is 18.8 Å². The number of hydrogen-bond donors (Lipinski definition) is 1. The highest BCUT2D eigenvalue weighted by Crippen LogP contribution is 2.34. The van der Waals surface area contributed by atoms with Crippen LogP contribution in [0.5, 0.6) is 5.75 Å². The van der Waals surface area contributed by atoms with Gasteiger partial charge in [0.15, 0.2) is 0 Å². The zero-order valence-corrected chi connectivity index (χ0v) is 16.4. The van der Waals surface area contributed by atoms with Crippen LogP contribution in [0, 0.1) is 0 Å². The molecule has 1 aliphatic heterocycles. The minimum absolute atomic E-state index is 0.576. The molecule has 0 spiro atoms. The number of methoxy groups -OCH3 is 1. The van der Waals surface area contributed by atoms with Crippen molar-refractivity contribution in [3.63, 3.8) is 0 Å². The number of ether oxygens (including phenoxy) is 1. The first-order chi connectivity index (χ1) is 14.3. The third-order valence-corrected chi connectivity index (χ3v) is 5.83. The lowest BCUT2D eigenvalue weighted by atomic mass is 9.89. The molecule has 6 heteroatoms. The molecule has 0 amide bonds. The van der Waals surface area contributed by atoms with E-state index in [1.165, 1.54) is 5.56 Å². The Balaban J connectivity index is 1.39. The van der Waals surface area contributed by atoms with Gasteiger partial charge >= 0.3 is 0 Å². The summed E-state index contributed by atoms with van der Waals surface area (Å²) in [5.41, 5.74) is 4.55. The summed E-state index contributed by atoms with van der Waals surface area (Å²) in [7, 11) is 1.71. The zero-order valence-electron chi connectivity index (χ0n) is 16.4. The second-order valence-corrected chi connectivity index (χ2v) is 7.45. The number of benzene rings is 2. The van der Waals surface area contributed by atoms with Crippen molar-refractivity contribution in [3.8, 4) is 16.9 Å². The monoisotopic (exact) mass is 385 g/mol. The summed E-state index contributed by atoms with van der Waals surface area (Å²) in [6.45, 7) is 1.97. The number of H-pyrrole nitrogens is 1. The van der Waals surface area contributed by atoms with E-state index >= 15 is 0 Å². The molecule has 1 saturated heterocycles. The molecule has 6 nitrogen and oxygen atoms in total. The molecule has 3 heterocycles. The Kier molecular flexibility index (Phi) is 4.60. The molecule has 2 aromatic carbocycles. The van der Waals surface area contributed by atoms with Gasteiger partial charge in [-0.3, -0.25) is 5.10 Å². The van der Waals surface area contributed by atoms with E-state index in [4.69, 9.17) is 4.74 Å². The molecule has 1 fully saturated rings. The summed E-state index contributed by atoms with van der Waals surface area (Å²) in [5, 5.41) is 8.04. The Morgan fingerprint density at radius 2 is 1.83 bits per heavy atom. The van der Waals surface area contributed by atoms with Crippen LogP contribution in [0.1, 0.15) is 24.3 Å². The van der Waals surface area contributed by atoms with E-state index in [-0.39, 0.29) is 0 Å². The van der Waals surface area contributed by atoms with Crippen LogP contribution < -0.4 is 9.64 Å². The topological polar surface area (TPSA) is 66.9 Å². The lowest BCUT2D eigenvalue weighted by Crippen LogP contribution is -2.33. The maximum absolute atomic E-state index is 5.28. The molecule has 146 valence electrons. The highest BCUT2D eigenvalue weighted by molar-refractivity contribution is 5.92. The van der Waals surface area contributed by atoms with Crippen molar-refractivity contribution in [2.75, 3.05) is 25.1 Å². The van der Waals surface area contributed by atoms with Crippen LogP contribution in [0.3, 0.4) is 0 Å². The predicted molar refractivity (Wildman–Crippen MR) is 114 cm³/mol. The fraction of sp³-hybridized carbons (Fsp3) is 0.261. The molecular formula is C23H23N5O. The minimum Gasteiger partial charge on any atom is -0.497 e. The van der Waals surface area contributed by atoms with E-state index in [0.717, 1.165) is 59.5 Å². The smallest absolute Gasteiger partial charge is 0.139 e. The molecule has 0 unspecified atom stereocenters. The number of nitrogens with zero attached hydrogens (tertiary/aromatic N) is 4. The number of nitrogens with one attached hydrogen (secondary N) is 1. The van der Waals surface area contributed by atoms with Crippen molar-refractivity contribution in [1.29, 1.82) is 0 Å². The molecule has 2 aromatic heterocycles. The quantitative estimate of drug-likeness (QED) is 0.563. The lowest BCUT2D eigenvalue weighted by Gasteiger charge is -2.33. The summed E-state index contributed by atoms with van der Waals surface area (Å²) >= 11 is 0. The molecule has 0 saturated carbocycles. The number of aromatic amines is 1. The van der Waals surface area contributed by atoms with Gasteiger partial charge in [-0.2, -0.15) is 5.10 Å². The standard InChI is InChI=1S/C23H23N5O/c1-29-20-5-2-16(3-6-20)17-8-10-28(11-9-17)23-21-12-18(19-13-26-27-14-19)4-7-22(21)24-15-25-23/h2-7,12-15,17H,8-11H2,1H3,(H,26,27). The Morgan fingerprint density at radius 1 is 1.00 bits per heavy atom. The summed E-state index contributed by atoms with van der Waals surface area (Å²) in [5.74, 6) is 2.51. The van der Waals surface area contributed by atoms with Crippen molar-refractivity contribution in [2.24, 2.45) is 0 Å². The van der Waals surface area contributed by atoms with Gasteiger partial charge in [0.25, 0.3) is 0 Å². The van der Waals surface area contributed by atoms with Crippen LogP contribution >= 0.6 is 0 Å². The Morgan fingerprint density at radius 3 is 2.55 bits per heavy atom. The molecule has 5 rings (SSSR count). The zero-order chi connectivity index (χ0) is 19.6. The predicted octanol–water partition coefficient (Wildman–Crippen LogP) is 4.41. The van der Waals surface area contributed by atoms with Gasteiger partial charge in [-0.15, -0.1) is 0 Å². The van der Waals surface area contributed by atoms with E-state index in [2.05, 4.69) is 67.5 Å². The number of piperidine rings is 1. The summed E-state index contributed by atoms with van der Waals surface area (Å²) < 4.78 is 5.28. The van der Waals surface area contributed by atoms with Crippen molar-refractivity contribution in [1.82, 2.24) is 20.2 Å². The summed E-state index contributed by atoms with van der Waals surface area (Å²) in [4.78, 5) is 11.5. The molecule has 1 aliphatic rings. The van der Waals surface area contributed by atoms with Gasteiger partial charge in [0.2, 0.25) is 0 Å². The van der Waals surface area contributed by atoms with Gasteiger partial charge in [-0.05, 0) is 54.2 Å². The van der Waals surface area contributed by atoms with Gasteiger partial charge in [0, 0.05) is 30.2 Å². The van der Waals surface area contributed by atoms with Crippen LogP contribution in [0.2, 0.25) is 0 Å². The highest BCUT2D eigenvalue weighted by atomic mass is 16.5. The van der Waals surface area contributed by atoms with E-state index in [9.17, 15) is 0 Å². The largest absolute Gasteiger partial charge is 0.497 e. The second-order valence-electron chi connectivity index (χ2n) is 7.45. The first-order valence-corrected chi connectivity index (χ1v) is 9.94. The van der Waals surface area contributed by atoms with Gasteiger partial charge in [-0.1, -0.05) is 18.2 Å². The third kappa shape index (κ3) is 3.42. The van der Waals surface area contributed by atoms with E-state index < -0.39 is 0 Å². The fourth-order valence-corrected chi connectivity index (χ4v) is 4.18. The number of hydrogen-bond acceptors (Lipinski definition) is 5. The van der Waals surface area contributed by atoms with Crippen molar-refractivity contribution < 1.29 is 4.74 Å². The molecule has 0 aliphatic carbocycles. The van der Waals surface area contributed by atoms with Crippen molar-refractivity contribution in [3.05, 3.63) is 66.7 Å². The highest BCUT2D eigenvalue weighted by Gasteiger charge is 2.23. The van der Waals surface area contributed by atoms with Crippen LogP contribution in [0.15, 0.2) is 61.2 Å². The first-order valence-electron chi connectivity index (χ1n) is 9.94. The maximum atomic E-state index is 5.28. The molecule has 0 radical (unpaired) electrons. The van der Waals surface area contributed by atoms with Gasteiger partial charge in [-0.25, -0.2) is 9.97 Å². The normalized spacial score (nSPS) is 15.0. The van der Waals surface area contributed by atoms with Gasteiger partial charge in [0.1, 0.15) is 17.9 Å². The summed E-state index contributed by atoms with van der Waals surface area (Å²) in [6, 6.07) is 14.8. The second kappa shape index (κ2) is 7.54. The van der Waals surface area contributed by atoms with Crippen LogP contribution in [0.25, 0.3) is 22.0 Å². The molecule has 29 heavy (non-hydrogen) atoms. The number of rotatable bonds is 4. The van der Waals surface area contributed by atoms with E-state index in [1.54, 1.807) is 13.4 Å². The maximum Gasteiger partial charge on any atom is 0.139 e. The molecular weight excluding hydrogens is 362 g/mol. The Hall–Kier alpha value is -3.41. The number of aromatic nitrogens is 4. The van der Waals surface area contributed by atoms with E-state index in [0.29, 0.717) is 5.92 Å². The average molecular weight is 385 g/mol. The lowest BCUT2D eigenvalue weighted by molar-refractivity contribution is 0.414. The van der Waals surface area contributed by atoms with Crippen molar-refractivity contribution >= 4 is 16.7 Å². The SMILES string of the molecule is COc1ccc(C2CCN(c3ncnc4ccc(-c5cn[nH]c5)cc34)CC2)cc1. The van der Waals surface area contributed by atoms with Crippen molar-refractivity contribution in [2.45, 2.75) is 18.8 Å². The molecule has 0 atom stereocenters. The van der Waals surface area contributed by atoms with Crippen LogP contribution in [0.4, 0.5) is 5.82 Å². The van der Waals surface area contributed by atoms with Crippen LogP contribution in [-0.4, -0.2) is 40.4 Å². The fourth-order valence-electron chi connectivity index (χ4n) is 4.18. The summed E-state index contributed by atoms with van der Waals surface area (Å²) in [6.07, 6.45) is 7.64. The minimum atomic E-state index is 0.576. The first kappa shape index (κ1) is 17.7. The molecule has 0 bridgehead atoms. The van der Waals surface area contributed by atoms with E-state index in [1.807, 2.05) is 12.4 Å².